The Kier molecular flexibility index (Phi) is 3.15. The standard InChI is InChI=1S/C12H16N2O3/c1-8(15)13-11-7-6-9-4-2-3-5-10(9)12(11,16)14-17/h2-5,11,14,16-17H,6-7H2,1H3,(H,13,15). The first-order chi connectivity index (χ1) is 8.08. The van der Waals surface area contributed by atoms with Crippen molar-refractivity contribution >= 4 is 5.91 Å². The van der Waals surface area contributed by atoms with Gasteiger partial charge in [-0.1, -0.05) is 24.3 Å². The monoisotopic (exact) mass is 236 g/mol. The number of hydrogen-bond donors (Lipinski definition) is 4. The van der Waals surface area contributed by atoms with E-state index >= 15 is 0 Å². The number of fused-ring (bicyclic) bond motifs is 1. The number of aryl methyl sites for hydroxylation is 1. The lowest BCUT2D eigenvalue weighted by molar-refractivity contribution is -0.140. The van der Waals surface area contributed by atoms with Crippen LogP contribution in [0.15, 0.2) is 24.3 Å². The first-order valence-electron chi connectivity index (χ1n) is 5.57. The van der Waals surface area contributed by atoms with Gasteiger partial charge in [0.2, 0.25) is 5.91 Å². The van der Waals surface area contributed by atoms with E-state index < -0.39 is 11.8 Å². The topological polar surface area (TPSA) is 81.6 Å². The molecule has 0 spiro atoms. The van der Waals surface area contributed by atoms with Crippen molar-refractivity contribution in [1.29, 1.82) is 0 Å². The van der Waals surface area contributed by atoms with E-state index in [4.69, 9.17) is 0 Å². The first-order valence-corrected chi connectivity index (χ1v) is 5.57. The Morgan fingerprint density at radius 1 is 1.47 bits per heavy atom. The molecule has 92 valence electrons. The van der Waals surface area contributed by atoms with Crippen LogP contribution in [0.25, 0.3) is 0 Å². The summed E-state index contributed by atoms with van der Waals surface area (Å²) < 4.78 is 0. The molecule has 0 aromatic heterocycles. The van der Waals surface area contributed by atoms with Crippen LogP contribution in [0.5, 0.6) is 0 Å². The Labute approximate surface area is 99.4 Å². The lowest BCUT2D eigenvalue weighted by Crippen LogP contribution is -2.59. The van der Waals surface area contributed by atoms with Crippen molar-refractivity contribution in [3.63, 3.8) is 0 Å². The zero-order valence-corrected chi connectivity index (χ0v) is 9.60. The van der Waals surface area contributed by atoms with E-state index in [0.717, 1.165) is 12.0 Å². The molecule has 0 saturated carbocycles. The maximum atomic E-state index is 11.1. The van der Waals surface area contributed by atoms with Crippen LogP contribution < -0.4 is 10.8 Å². The molecule has 2 unspecified atom stereocenters. The maximum absolute atomic E-state index is 11.1. The van der Waals surface area contributed by atoms with Gasteiger partial charge >= 0.3 is 0 Å². The number of carbonyl (C=O) groups excluding carboxylic acids is 1. The summed E-state index contributed by atoms with van der Waals surface area (Å²) in [5.41, 5.74) is 1.88. The number of carbonyl (C=O) groups is 1. The van der Waals surface area contributed by atoms with Crippen LogP contribution in [0.2, 0.25) is 0 Å². The minimum atomic E-state index is -1.62. The summed E-state index contributed by atoms with van der Waals surface area (Å²) in [6.45, 7) is 1.39. The van der Waals surface area contributed by atoms with Gasteiger partial charge < -0.3 is 15.6 Å². The predicted molar refractivity (Wildman–Crippen MR) is 61.2 cm³/mol. The van der Waals surface area contributed by atoms with Gasteiger partial charge in [-0.05, 0) is 18.4 Å². The molecule has 5 nitrogen and oxygen atoms in total. The second kappa shape index (κ2) is 4.44. The van der Waals surface area contributed by atoms with Gasteiger partial charge in [-0.25, -0.2) is 0 Å². The summed E-state index contributed by atoms with van der Waals surface area (Å²) in [5, 5.41) is 22.3. The normalized spacial score (nSPS) is 27.4. The van der Waals surface area contributed by atoms with Crippen LogP contribution in [-0.4, -0.2) is 22.3 Å². The van der Waals surface area contributed by atoms with Crippen LogP contribution >= 0.6 is 0 Å². The molecular formula is C12H16N2O3. The zero-order chi connectivity index (χ0) is 12.5. The summed E-state index contributed by atoms with van der Waals surface area (Å²) in [4.78, 5) is 11.1. The summed E-state index contributed by atoms with van der Waals surface area (Å²) in [5.74, 6) is -0.233. The third kappa shape index (κ3) is 2.04. The number of benzene rings is 1. The van der Waals surface area contributed by atoms with Crippen molar-refractivity contribution in [2.45, 2.75) is 31.5 Å². The van der Waals surface area contributed by atoms with Crippen molar-refractivity contribution in [3.05, 3.63) is 35.4 Å². The molecule has 0 fully saturated rings. The van der Waals surface area contributed by atoms with Crippen molar-refractivity contribution < 1.29 is 15.1 Å². The lowest BCUT2D eigenvalue weighted by atomic mass is 9.81. The number of hydrogen-bond acceptors (Lipinski definition) is 4. The van der Waals surface area contributed by atoms with Crippen molar-refractivity contribution in [1.82, 2.24) is 10.8 Å². The summed E-state index contributed by atoms with van der Waals surface area (Å²) in [6, 6.07) is 6.78. The molecule has 4 N–H and O–H groups in total. The molecule has 1 aliphatic rings. The molecule has 1 aliphatic carbocycles. The Balaban J connectivity index is 2.40. The molecule has 1 aromatic rings. The smallest absolute Gasteiger partial charge is 0.217 e. The third-order valence-corrected chi connectivity index (χ3v) is 3.18. The van der Waals surface area contributed by atoms with E-state index in [1.165, 1.54) is 6.92 Å². The quantitative estimate of drug-likeness (QED) is 0.438. The van der Waals surface area contributed by atoms with Crippen LogP contribution in [0, 0.1) is 0 Å². The molecule has 1 aromatic carbocycles. The van der Waals surface area contributed by atoms with Crippen molar-refractivity contribution in [2.75, 3.05) is 0 Å². The minimum Gasteiger partial charge on any atom is -0.368 e. The highest BCUT2D eigenvalue weighted by atomic mass is 16.5. The fourth-order valence-electron chi connectivity index (χ4n) is 2.37. The SMILES string of the molecule is CC(=O)NC1CCc2ccccc2C1(O)NO. The molecule has 0 bridgehead atoms. The van der Waals surface area contributed by atoms with E-state index in [1.54, 1.807) is 12.1 Å². The van der Waals surface area contributed by atoms with E-state index in [1.807, 2.05) is 17.6 Å². The highest BCUT2D eigenvalue weighted by Crippen LogP contribution is 2.33. The number of nitrogens with one attached hydrogen (secondary N) is 2. The van der Waals surface area contributed by atoms with E-state index in [0.29, 0.717) is 12.0 Å². The fourth-order valence-corrected chi connectivity index (χ4v) is 2.37. The van der Waals surface area contributed by atoms with Gasteiger partial charge in [-0.15, -0.1) is 0 Å². The van der Waals surface area contributed by atoms with Crippen LogP contribution in [0.4, 0.5) is 0 Å². The largest absolute Gasteiger partial charge is 0.368 e. The summed E-state index contributed by atoms with van der Waals surface area (Å²) in [7, 11) is 0. The lowest BCUT2D eigenvalue weighted by Gasteiger charge is -2.40. The predicted octanol–water partition coefficient (Wildman–Crippen LogP) is 0.261. The molecule has 2 rings (SSSR count). The molecule has 0 radical (unpaired) electrons. The van der Waals surface area contributed by atoms with Crippen LogP contribution in [0.1, 0.15) is 24.5 Å². The van der Waals surface area contributed by atoms with Crippen molar-refractivity contribution in [3.8, 4) is 0 Å². The van der Waals surface area contributed by atoms with E-state index in [-0.39, 0.29) is 5.91 Å². The second-order valence-electron chi connectivity index (χ2n) is 4.33. The van der Waals surface area contributed by atoms with E-state index in [9.17, 15) is 15.1 Å². The number of rotatable bonds is 2. The van der Waals surface area contributed by atoms with Crippen LogP contribution in [0.3, 0.4) is 0 Å². The molecule has 5 heteroatoms. The molecule has 2 atom stereocenters. The number of aliphatic hydroxyl groups is 1. The van der Waals surface area contributed by atoms with Gasteiger partial charge in [0, 0.05) is 12.5 Å². The van der Waals surface area contributed by atoms with Gasteiger partial charge in [-0.2, -0.15) is 5.48 Å². The van der Waals surface area contributed by atoms with Gasteiger partial charge in [-0.3, -0.25) is 4.79 Å². The Hall–Kier alpha value is -1.43. The van der Waals surface area contributed by atoms with Gasteiger partial charge in [0.1, 0.15) is 0 Å². The minimum absolute atomic E-state index is 0.233. The summed E-state index contributed by atoms with van der Waals surface area (Å²) in [6.07, 6.45) is 1.33. The Bertz CT molecular complexity index is 436. The molecular weight excluding hydrogens is 220 g/mol. The van der Waals surface area contributed by atoms with Gasteiger partial charge in [0.25, 0.3) is 0 Å². The molecule has 1 amide bonds. The Morgan fingerprint density at radius 3 is 2.82 bits per heavy atom. The fraction of sp³-hybridized carbons (Fsp3) is 0.417. The Morgan fingerprint density at radius 2 is 2.18 bits per heavy atom. The highest BCUT2D eigenvalue weighted by Gasteiger charge is 2.43. The van der Waals surface area contributed by atoms with E-state index in [2.05, 4.69) is 5.32 Å². The summed E-state index contributed by atoms with van der Waals surface area (Å²) >= 11 is 0. The number of amides is 1. The van der Waals surface area contributed by atoms with Gasteiger partial charge in [0.15, 0.2) is 5.72 Å². The van der Waals surface area contributed by atoms with Crippen molar-refractivity contribution in [2.24, 2.45) is 0 Å². The first kappa shape index (κ1) is 12.0. The maximum Gasteiger partial charge on any atom is 0.217 e. The highest BCUT2D eigenvalue weighted by molar-refractivity contribution is 5.73. The zero-order valence-electron chi connectivity index (χ0n) is 9.60. The molecule has 0 saturated heterocycles. The molecule has 0 heterocycles. The average Bonchev–Trinajstić information content (AvgIpc) is 2.33. The number of hydroxylamine groups is 1. The van der Waals surface area contributed by atoms with Gasteiger partial charge in [0.05, 0.1) is 6.04 Å². The second-order valence-corrected chi connectivity index (χ2v) is 4.33. The molecule has 17 heavy (non-hydrogen) atoms. The van der Waals surface area contributed by atoms with Crippen LogP contribution in [-0.2, 0) is 16.9 Å². The average molecular weight is 236 g/mol. The molecule has 0 aliphatic heterocycles. The third-order valence-electron chi connectivity index (χ3n) is 3.18.